The molecule has 1 aromatic rings. The molecular formula is C16H27N3O. The summed E-state index contributed by atoms with van der Waals surface area (Å²) >= 11 is 0. The van der Waals surface area contributed by atoms with Gasteiger partial charge >= 0.3 is 0 Å². The lowest BCUT2D eigenvalue weighted by Gasteiger charge is -2.45. The van der Waals surface area contributed by atoms with Crippen molar-refractivity contribution in [3.63, 3.8) is 0 Å². The third-order valence-electron chi connectivity index (χ3n) is 5.42. The first kappa shape index (κ1) is 14.1. The van der Waals surface area contributed by atoms with E-state index in [4.69, 9.17) is 0 Å². The van der Waals surface area contributed by atoms with E-state index < -0.39 is 5.60 Å². The maximum atomic E-state index is 11.3. The first-order valence-electron chi connectivity index (χ1n) is 8.25. The second-order valence-electron chi connectivity index (χ2n) is 6.91. The van der Waals surface area contributed by atoms with Crippen LogP contribution in [0, 0.1) is 11.8 Å². The van der Waals surface area contributed by atoms with Crippen LogP contribution in [0.2, 0.25) is 0 Å². The Bertz CT molecular complexity index is 439. The molecule has 0 aliphatic heterocycles. The van der Waals surface area contributed by atoms with Crippen LogP contribution < -0.4 is 0 Å². The Morgan fingerprint density at radius 3 is 2.65 bits per heavy atom. The number of aliphatic hydroxyl groups is 1. The molecule has 1 N–H and O–H groups in total. The standard InChI is InChI=1S/C16H27N3O/c1-19-12-14(17-18-19)11-16(20)10-6-5-9-15(16)13-7-3-2-4-8-13/h12-13,15,20H,2-11H2,1H3. The summed E-state index contributed by atoms with van der Waals surface area (Å²) in [6.45, 7) is 0. The Kier molecular flexibility index (Phi) is 4.11. The Labute approximate surface area is 121 Å². The molecule has 1 heterocycles. The molecule has 2 atom stereocenters. The molecule has 4 nitrogen and oxygen atoms in total. The van der Waals surface area contributed by atoms with Crippen LogP contribution in [0.1, 0.15) is 63.5 Å². The number of nitrogens with zero attached hydrogens (tertiary/aromatic N) is 3. The molecule has 0 saturated heterocycles. The molecule has 4 heteroatoms. The van der Waals surface area contributed by atoms with Gasteiger partial charge in [-0.15, -0.1) is 5.10 Å². The van der Waals surface area contributed by atoms with Crippen LogP contribution in [-0.4, -0.2) is 25.7 Å². The molecule has 1 aromatic heterocycles. The minimum Gasteiger partial charge on any atom is -0.389 e. The van der Waals surface area contributed by atoms with Crippen molar-refractivity contribution in [1.29, 1.82) is 0 Å². The topological polar surface area (TPSA) is 50.9 Å². The average Bonchev–Trinajstić information content (AvgIpc) is 2.85. The van der Waals surface area contributed by atoms with Crippen molar-refractivity contribution in [3.8, 4) is 0 Å². The van der Waals surface area contributed by atoms with Gasteiger partial charge in [0, 0.05) is 19.7 Å². The van der Waals surface area contributed by atoms with Crippen LogP contribution in [0.15, 0.2) is 6.20 Å². The molecule has 112 valence electrons. The highest BCUT2D eigenvalue weighted by Gasteiger charge is 2.43. The van der Waals surface area contributed by atoms with Gasteiger partial charge in [-0.1, -0.05) is 50.2 Å². The molecule has 2 saturated carbocycles. The fourth-order valence-electron chi connectivity index (χ4n) is 4.47. The van der Waals surface area contributed by atoms with Crippen molar-refractivity contribution < 1.29 is 5.11 Å². The van der Waals surface area contributed by atoms with Gasteiger partial charge in [0.05, 0.1) is 11.3 Å². The number of aryl methyl sites for hydroxylation is 1. The molecule has 2 fully saturated rings. The quantitative estimate of drug-likeness (QED) is 0.924. The number of hydrogen-bond donors (Lipinski definition) is 1. The molecule has 0 bridgehead atoms. The predicted molar refractivity (Wildman–Crippen MR) is 78.2 cm³/mol. The summed E-state index contributed by atoms with van der Waals surface area (Å²) in [6, 6.07) is 0. The summed E-state index contributed by atoms with van der Waals surface area (Å²) in [5.41, 5.74) is 0.397. The number of rotatable bonds is 3. The maximum Gasteiger partial charge on any atom is 0.0855 e. The van der Waals surface area contributed by atoms with E-state index in [1.807, 2.05) is 13.2 Å². The minimum atomic E-state index is -0.545. The van der Waals surface area contributed by atoms with Crippen molar-refractivity contribution in [2.45, 2.75) is 69.8 Å². The lowest BCUT2D eigenvalue weighted by atomic mass is 9.64. The average molecular weight is 277 g/mol. The van der Waals surface area contributed by atoms with E-state index in [9.17, 15) is 5.11 Å². The van der Waals surface area contributed by atoms with Gasteiger partial charge in [0.1, 0.15) is 0 Å². The van der Waals surface area contributed by atoms with E-state index in [1.165, 1.54) is 44.9 Å². The fraction of sp³-hybridized carbons (Fsp3) is 0.875. The summed E-state index contributed by atoms with van der Waals surface area (Å²) in [6.07, 6.45) is 13.9. The molecule has 20 heavy (non-hydrogen) atoms. The molecular weight excluding hydrogens is 250 g/mol. The fourth-order valence-corrected chi connectivity index (χ4v) is 4.47. The van der Waals surface area contributed by atoms with E-state index >= 15 is 0 Å². The third kappa shape index (κ3) is 2.90. The summed E-state index contributed by atoms with van der Waals surface area (Å²) in [5, 5.41) is 19.5. The van der Waals surface area contributed by atoms with E-state index in [0.29, 0.717) is 12.3 Å². The summed E-state index contributed by atoms with van der Waals surface area (Å²) in [4.78, 5) is 0. The van der Waals surface area contributed by atoms with Gasteiger partial charge in [-0.2, -0.15) is 0 Å². The van der Waals surface area contributed by atoms with Crippen LogP contribution in [0.25, 0.3) is 0 Å². The first-order valence-corrected chi connectivity index (χ1v) is 8.25. The minimum absolute atomic E-state index is 0.471. The highest BCUT2D eigenvalue weighted by atomic mass is 16.3. The second kappa shape index (κ2) is 5.84. The van der Waals surface area contributed by atoms with Gasteiger partial charge in [-0.3, -0.25) is 4.68 Å². The zero-order valence-electron chi connectivity index (χ0n) is 12.6. The number of aromatic nitrogens is 3. The molecule has 2 unspecified atom stereocenters. The smallest absolute Gasteiger partial charge is 0.0855 e. The van der Waals surface area contributed by atoms with Gasteiger partial charge in [-0.05, 0) is 24.7 Å². The van der Waals surface area contributed by atoms with E-state index in [2.05, 4.69) is 10.3 Å². The van der Waals surface area contributed by atoms with Crippen LogP contribution in [0.3, 0.4) is 0 Å². The summed E-state index contributed by atoms with van der Waals surface area (Å²) in [5.74, 6) is 1.20. The van der Waals surface area contributed by atoms with Gasteiger partial charge in [-0.25, -0.2) is 0 Å². The summed E-state index contributed by atoms with van der Waals surface area (Å²) < 4.78 is 1.73. The Morgan fingerprint density at radius 2 is 1.95 bits per heavy atom. The number of hydrogen-bond acceptors (Lipinski definition) is 3. The van der Waals surface area contributed by atoms with Crippen LogP contribution in [0.4, 0.5) is 0 Å². The third-order valence-corrected chi connectivity index (χ3v) is 5.42. The van der Waals surface area contributed by atoms with Crippen molar-refractivity contribution in [1.82, 2.24) is 15.0 Å². The van der Waals surface area contributed by atoms with Crippen LogP contribution in [-0.2, 0) is 13.5 Å². The molecule has 2 aliphatic rings. The molecule has 2 aliphatic carbocycles. The van der Waals surface area contributed by atoms with Crippen LogP contribution in [0.5, 0.6) is 0 Å². The molecule has 0 amide bonds. The first-order chi connectivity index (χ1) is 9.67. The van der Waals surface area contributed by atoms with Crippen molar-refractivity contribution in [2.24, 2.45) is 18.9 Å². The highest BCUT2D eigenvalue weighted by molar-refractivity contribution is 5.04. The molecule has 0 spiro atoms. The van der Waals surface area contributed by atoms with E-state index in [1.54, 1.807) is 4.68 Å². The van der Waals surface area contributed by atoms with Gasteiger partial charge in [0.2, 0.25) is 0 Å². The second-order valence-corrected chi connectivity index (χ2v) is 6.91. The predicted octanol–water partition coefficient (Wildman–Crippen LogP) is 2.86. The van der Waals surface area contributed by atoms with Crippen LogP contribution >= 0.6 is 0 Å². The Hall–Kier alpha value is -0.900. The van der Waals surface area contributed by atoms with Gasteiger partial charge in [0.15, 0.2) is 0 Å². The van der Waals surface area contributed by atoms with Gasteiger partial charge < -0.3 is 5.11 Å². The lowest BCUT2D eigenvalue weighted by molar-refractivity contribution is -0.0772. The highest BCUT2D eigenvalue weighted by Crippen LogP contribution is 2.45. The zero-order valence-corrected chi connectivity index (χ0v) is 12.6. The van der Waals surface area contributed by atoms with E-state index in [0.717, 1.165) is 24.5 Å². The SMILES string of the molecule is Cn1cc(CC2(O)CCCCC2C2CCCCC2)nn1. The normalized spacial score (nSPS) is 32.4. The molecule has 0 radical (unpaired) electrons. The zero-order chi connectivity index (χ0) is 14.0. The van der Waals surface area contributed by atoms with Crippen molar-refractivity contribution in [3.05, 3.63) is 11.9 Å². The summed E-state index contributed by atoms with van der Waals surface area (Å²) in [7, 11) is 1.89. The largest absolute Gasteiger partial charge is 0.389 e. The monoisotopic (exact) mass is 277 g/mol. The van der Waals surface area contributed by atoms with Crippen molar-refractivity contribution in [2.75, 3.05) is 0 Å². The van der Waals surface area contributed by atoms with Crippen molar-refractivity contribution >= 4 is 0 Å². The lowest BCUT2D eigenvalue weighted by Crippen LogP contribution is -2.46. The van der Waals surface area contributed by atoms with E-state index in [-0.39, 0.29) is 0 Å². The molecule has 0 aromatic carbocycles. The maximum absolute atomic E-state index is 11.3. The Balaban J connectivity index is 1.75. The molecule has 3 rings (SSSR count). The Morgan fingerprint density at radius 1 is 1.20 bits per heavy atom. The van der Waals surface area contributed by atoms with Gasteiger partial charge in [0.25, 0.3) is 0 Å².